The van der Waals surface area contributed by atoms with Crippen molar-refractivity contribution in [1.29, 1.82) is 0 Å². The first kappa shape index (κ1) is 20.8. The van der Waals surface area contributed by atoms with Crippen LogP contribution in [-0.2, 0) is 13.0 Å². The highest BCUT2D eigenvalue weighted by molar-refractivity contribution is 6.31. The molecule has 2 amide bonds. The highest BCUT2D eigenvalue weighted by atomic mass is 35.5. The summed E-state index contributed by atoms with van der Waals surface area (Å²) in [5.74, 6) is 0.299. The molecule has 2 heterocycles. The number of anilines is 1. The lowest BCUT2D eigenvalue weighted by Gasteiger charge is -2.11. The third-order valence-corrected chi connectivity index (χ3v) is 5.15. The number of benzene rings is 2. The van der Waals surface area contributed by atoms with Gasteiger partial charge in [-0.3, -0.25) is 0 Å². The van der Waals surface area contributed by atoms with Crippen molar-refractivity contribution in [3.8, 4) is 0 Å². The Morgan fingerprint density at radius 1 is 1.16 bits per heavy atom. The summed E-state index contributed by atoms with van der Waals surface area (Å²) in [6.45, 7) is 3.07. The first-order valence-corrected chi connectivity index (χ1v) is 10.2. The molecule has 0 atom stereocenters. The third-order valence-electron chi connectivity index (χ3n) is 4.86. The Hall–Kier alpha value is -3.45. The van der Waals surface area contributed by atoms with E-state index in [4.69, 9.17) is 16.6 Å². The second-order valence-corrected chi connectivity index (χ2v) is 7.61. The van der Waals surface area contributed by atoms with E-state index in [0.717, 1.165) is 22.6 Å². The number of rotatable bonds is 6. The molecule has 6 nitrogen and oxygen atoms in total. The van der Waals surface area contributed by atoms with Gasteiger partial charge in [0.25, 0.3) is 0 Å². The van der Waals surface area contributed by atoms with Crippen molar-refractivity contribution in [2.75, 3.05) is 11.9 Å². The van der Waals surface area contributed by atoms with E-state index in [9.17, 15) is 9.18 Å². The molecule has 0 unspecified atom stereocenters. The van der Waals surface area contributed by atoms with Crippen LogP contribution in [0.3, 0.4) is 0 Å². The second kappa shape index (κ2) is 9.14. The number of pyridine rings is 1. The lowest BCUT2D eigenvalue weighted by Crippen LogP contribution is -2.31. The van der Waals surface area contributed by atoms with Crippen molar-refractivity contribution < 1.29 is 9.18 Å². The van der Waals surface area contributed by atoms with Gasteiger partial charge < -0.3 is 15.2 Å². The van der Waals surface area contributed by atoms with E-state index >= 15 is 0 Å². The zero-order chi connectivity index (χ0) is 21.8. The van der Waals surface area contributed by atoms with Gasteiger partial charge in [-0.2, -0.15) is 0 Å². The lowest BCUT2D eigenvalue weighted by molar-refractivity contribution is 0.252. The Balaban J connectivity index is 1.44. The van der Waals surface area contributed by atoms with E-state index in [1.165, 1.54) is 23.8 Å². The lowest BCUT2D eigenvalue weighted by atomic mass is 10.1. The molecule has 0 radical (unpaired) electrons. The van der Waals surface area contributed by atoms with Crippen molar-refractivity contribution in [3.05, 3.63) is 88.6 Å². The highest BCUT2D eigenvalue weighted by Gasteiger charge is 2.13. The van der Waals surface area contributed by atoms with Crippen LogP contribution in [0.1, 0.15) is 17.0 Å². The van der Waals surface area contributed by atoms with Crippen LogP contribution < -0.4 is 10.6 Å². The van der Waals surface area contributed by atoms with Crippen LogP contribution in [0.4, 0.5) is 14.9 Å². The molecule has 4 rings (SSSR count). The number of imidazole rings is 1. The average molecular weight is 438 g/mol. The smallest absolute Gasteiger partial charge is 0.319 e. The predicted molar refractivity (Wildman–Crippen MR) is 120 cm³/mol. The quantitative estimate of drug-likeness (QED) is 0.448. The van der Waals surface area contributed by atoms with E-state index in [2.05, 4.69) is 51.4 Å². The maximum atomic E-state index is 13.3. The molecule has 31 heavy (non-hydrogen) atoms. The summed E-state index contributed by atoms with van der Waals surface area (Å²) in [5.41, 5.74) is 4.39. The van der Waals surface area contributed by atoms with Crippen molar-refractivity contribution in [2.24, 2.45) is 0 Å². The van der Waals surface area contributed by atoms with Crippen LogP contribution >= 0.6 is 11.6 Å². The van der Waals surface area contributed by atoms with Crippen molar-refractivity contribution in [2.45, 2.75) is 19.9 Å². The van der Waals surface area contributed by atoms with Gasteiger partial charge in [-0.05, 0) is 42.8 Å². The number of hydrogen-bond donors (Lipinski definition) is 2. The average Bonchev–Trinajstić information content (AvgIpc) is 3.10. The van der Waals surface area contributed by atoms with Gasteiger partial charge in [-0.15, -0.1) is 0 Å². The molecular weight excluding hydrogens is 417 g/mol. The van der Waals surface area contributed by atoms with E-state index in [1.807, 2.05) is 12.1 Å². The summed E-state index contributed by atoms with van der Waals surface area (Å²) in [6, 6.07) is 15.7. The molecule has 0 bridgehead atoms. The molecule has 158 valence electrons. The van der Waals surface area contributed by atoms with E-state index in [-0.39, 0.29) is 5.02 Å². The number of urea groups is 1. The molecule has 0 saturated heterocycles. The normalized spacial score (nSPS) is 10.9. The molecule has 0 aliphatic carbocycles. The van der Waals surface area contributed by atoms with Crippen molar-refractivity contribution in [1.82, 2.24) is 19.9 Å². The molecule has 2 aromatic heterocycles. The number of halogens is 2. The second-order valence-electron chi connectivity index (χ2n) is 7.21. The molecule has 0 saturated carbocycles. The molecule has 0 spiro atoms. The SMILES string of the molecule is Cc1ccc(Cn2c(CCNC(=O)Nc3ccc(F)c(Cl)c3)nc3cccnc32)cc1. The van der Waals surface area contributed by atoms with E-state index < -0.39 is 11.8 Å². The predicted octanol–water partition coefficient (Wildman–Crippen LogP) is 4.94. The van der Waals surface area contributed by atoms with E-state index in [0.29, 0.717) is 25.2 Å². The topological polar surface area (TPSA) is 71.8 Å². The summed E-state index contributed by atoms with van der Waals surface area (Å²) < 4.78 is 15.3. The zero-order valence-electron chi connectivity index (χ0n) is 16.9. The molecule has 8 heteroatoms. The fourth-order valence-electron chi connectivity index (χ4n) is 3.28. The molecule has 2 aromatic carbocycles. The molecular formula is C23H21ClFN5O. The standard InChI is InChI=1S/C23H21ClFN5O/c1-15-4-6-16(7-5-15)14-30-21(29-20-3-2-11-26-22(20)30)10-12-27-23(31)28-17-8-9-19(25)18(24)13-17/h2-9,11,13H,10,12,14H2,1H3,(H2,27,28,31). The Bertz CT molecular complexity index is 1220. The Kier molecular flexibility index (Phi) is 6.13. The minimum absolute atomic E-state index is 0.0462. The monoisotopic (exact) mass is 437 g/mol. The number of carbonyl (C=O) groups excluding carboxylic acids is 1. The largest absolute Gasteiger partial charge is 0.337 e. The van der Waals surface area contributed by atoms with Gasteiger partial charge in [0, 0.05) is 24.8 Å². The van der Waals surface area contributed by atoms with Crippen LogP contribution in [-0.4, -0.2) is 27.1 Å². The van der Waals surface area contributed by atoms with E-state index in [1.54, 1.807) is 6.20 Å². The summed E-state index contributed by atoms with van der Waals surface area (Å²) in [7, 11) is 0. The number of nitrogens with one attached hydrogen (secondary N) is 2. The number of aromatic nitrogens is 3. The van der Waals surface area contributed by atoms with Gasteiger partial charge >= 0.3 is 6.03 Å². The maximum absolute atomic E-state index is 13.3. The number of amides is 2. The first-order valence-electron chi connectivity index (χ1n) is 9.85. The fourth-order valence-corrected chi connectivity index (χ4v) is 3.46. The third kappa shape index (κ3) is 5.00. The van der Waals surface area contributed by atoms with Crippen LogP contribution in [0.15, 0.2) is 60.8 Å². The van der Waals surface area contributed by atoms with Crippen LogP contribution in [0.5, 0.6) is 0 Å². The molecule has 0 aliphatic heterocycles. The number of carbonyl (C=O) groups is 1. The van der Waals surface area contributed by atoms with Crippen molar-refractivity contribution in [3.63, 3.8) is 0 Å². The van der Waals surface area contributed by atoms with Gasteiger partial charge in [-0.25, -0.2) is 19.2 Å². The summed E-state index contributed by atoms with van der Waals surface area (Å²) in [5, 5.41) is 5.39. The summed E-state index contributed by atoms with van der Waals surface area (Å²) >= 11 is 5.75. The van der Waals surface area contributed by atoms with Crippen LogP contribution in [0.2, 0.25) is 5.02 Å². The van der Waals surface area contributed by atoms with Crippen LogP contribution in [0, 0.1) is 12.7 Å². The maximum Gasteiger partial charge on any atom is 0.319 e. The summed E-state index contributed by atoms with van der Waals surface area (Å²) in [4.78, 5) is 21.4. The highest BCUT2D eigenvalue weighted by Crippen LogP contribution is 2.19. The fraction of sp³-hybridized carbons (Fsp3) is 0.174. The van der Waals surface area contributed by atoms with Gasteiger partial charge in [0.05, 0.1) is 11.6 Å². The number of nitrogens with zero attached hydrogens (tertiary/aromatic N) is 3. The van der Waals surface area contributed by atoms with Crippen molar-refractivity contribution >= 4 is 34.5 Å². The number of aryl methyl sites for hydroxylation is 1. The minimum atomic E-state index is -0.534. The Morgan fingerprint density at radius 2 is 1.97 bits per heavy atom. The molecule has 0 aliphatic rings. The number of fused-ring (bicyclic) bond motifs is 1. The number of hydrogen-bond acceptors (Lipinski definition) is 3. The Labute approximate surface area is 184 Å². The summed E-state index contributed by atoms with van der Waals surface area (Å²) in [6.07, 6.45) is 2.28. The Morgan fingerprint density at radius 3 is 2.74 bits per heavy atom. The van der Waals surface area contributed by atoms with Crippen LogP contribution in [0.25, 0.3) is 11.2 Å². The van der Waals surface area contributed by atoms with Gasteiger partial charge in [0.2, 0.25) is 0 Å². The molecule has 2 N–H and O–H groups in total. The van der Waals surface area contributed by atoms with Gasteiger partial charge in [-0.1, -0.05) is 41.4 Å². The molecule has 4 aromatic rings. The van der Waals surface area contributed by atoms with Gasteiger partial charge in [0.15, 0.2) is 5.65 Å². The minimum Gasteiger partial charge on any atom is -0.337 e. The molecule has 0 fully saturated rings. The van der Waals surface area contributed by atoms with Gasteiger partial charge in [0.1, 0.15) is 17.2 Å². The first-order chi connectivity index (χ1) is 15.0. The zero-order valence-corrected chi connectivity index (χ0v) is 17.7.